The lowest BCUT2D eigenvalue weighted by molar-refractivity contribution is 0.0215. The molecule has 0 amide bonds. The second-order valence-corrected chi connectivity index (χ2v) is 7.60. The maximum atomic E-state index is 10.6. The number of aliphatic hydroxyl groups is 1. The summed E-state index contributed by atoms with van der Waals surface area (Å²) in [6, 6.07) is 0. The molecule has 0 aromatic rings. The molecule has 0 aliphatic heterocycles. The van der Waals surface area contributed by atoms with Crippen molar-refractivity contribution in [2.24, 2.45) is 23.2 Å². The fourth-order valence-corrected chi connectivity index (χ4v) is 4.00. The molecule has 0 saturated heterocycles. The van der Waals surface area contributed by atoms with Gasteiger partial charge in [-0.3, -0.25) is 0 Å². The molecule has 0 heterocycles. The molecule has 2 unspecified atom stereocenters. The van der Waals surface area contributed by atoms with Crippen molar-refractivity contribution in [2.75, 3.05) is 0 Å². The highest BCUT2D eigenvalue weighted by Gasteiger charge is 2.57. The van der Waals surface area contributed by atoms with Gasteiger partial charge in [0.1, 0.15) is 0 Å². The Morgan fingerprint density at radius 1 is 1.12 bits per heavy atom. The molecule has 100 valence electrons. The lowest BCUT2D eigenvalue weighted by atomic mass is 9.68. The zero-order chi connectivity index (χ0) is 12.7. The van der Waals surface area contributed by atoms with Gasteiger partial charge in [0, 0.05) is 0 Å². The van der Waals surface area contributed by atoms with Crippen LogP contribution in [0.1, 0.15) is 72.6 Å². The molecule has 2 fully saturated rings. The summed E-state index contributed by atoms with van der Waals surface area (Å²) >= 11 is 0. The second kappa shape index (κ2) is 4.57. The summed E-state index contributed by atoms with van der Waals surface area (Å²) in [4.78, 5) is 0. The SMILES string of the molecule is CCCC1CC1(O)C1CCC(C(C)(C)C)CC1. The third-order valence-corrected chi connectivity index (χ3v) is 5.42. The van der Waals surface area contributed by atoms with Gasteiger partial charge in [-0.15, -0.1) is 0 Å². The van der Waals surface area contributed by atoms with Crippen LogP contribution >= 0.6 is 0 Å². The van der Waals surface area contributed by atoms with Gasteiger partial charge in [0.15, 0.2) is 0 Å². The average Bonchev–Trinajstić information content (AvgIpc) is 2.91. The van der Waals surface area contributed by atoms with Crippen LogP contribution in [0.5, 0.6) is 0 Å². The average molecular weight is 238 g/mol. The van der Waals surface area contributed by atoms with Crippen LogP contribution in [0.3, 0.4) is 0 Å². The van der Waals surface area contributed by atoms with Crippen LogP contribution in [0.25, 0.3) is 0 Å². The highest BCUT2D eigenvalue weighted by molar-refractivity contribution is 5.08. The zero-order valence-electron chi connectivity index (χ0n) is 12.1. The first-order valence-electron chi connectivity index (χ1n) is 7.60. The number of rotatable bonds is 3. The van der Waals surface area contributed by atoms with Crippen molar-refractivity contribution in [3.8, 4) is 0 Å². The van der Waals surface area contributed by atoms with Gasteiger partial charge in [0.05, 0.1) is 5.60 Å². The van der Waals surface area contributed by atoms with Crippen LogP contribution in [0.15, 0.2) is 0 Å². The summed E-state index contributed by atoms with van der Waals surface area (Å²) in [5.74, 6) is 2.10. The van der Waals surface area contributed by atoms with Crippen LogP contribution in [-0.4, -0.2) is 10.7 Å². The largest absolute Gasteiger partial charge is 0.389 e. The van der Waals surface area contributed by atoms with E-state index in [-0.39, 0.29) is 5.60 Å². The summed E-state index contributed by atoms with van der Waals surface area (Å²) in [5, 5.41) is 10.6. The second-order valence-electron chi connectivity index (χ2n) is 7.60. The van der Waals surface area contributed by atoms with Crippen molar-refractivity contribution in [2.45, 2.75) is 78.2 Å². The number of hydrogen-bond acceptors (Lipinski definition) is 1. The molecular formula is C16H30O. The van der Waals surface area contributed by atoms with E-state index in [1.165, 1.54) is 38.5 Å². The Morgan fingerprint density at radius 3 is 2.18 bits per heavy atom. The molecular weight excluding hydrogens is 208 g/mol. The molecule has 0 bridgehead atoms. The lowest BCUT2D eigenvalue weighted by Crippen LogP contribution is -2.33. The molecule has 0 spiro atoms. The third-order valence-electron chi connectivity index (χ3n) is 5.42. The first kappa shape index (κ1) is 13.4. The van der Waals surface area contributed by atoms with Crippen LogP contribution in [0, 0.1) is 23.2 Å². The zero-order valence-corrected chi connectivity index (χ0v) is 12.1. The quantitative estimate of drug-likeness (QED) is 0.773. The molecule has 0 aromatic carbocycles. The molecule has 2 rings (SSSR count). The summed E-state index contributed by atoms with van der Waals surface area (Å²) < 4.78 is 0. The van der Waals surface area contributed by atoms with E-state index in [9.17, 15) is 5.11 Å². The van der Waals surface area contributed by atoms with Crippen LogP contribution < -0.4 is 0 Å². The highest BCUT2D eigenvalue weighted by atomic mass is 16.3. The van der Waals surface area contributed by atoms with E-state index < -0.39 is 0 Å². The van der Waals surface area contributed by atoms with E-state index in [2.05, 4.69) is 27.7 Å². The van der Waals surface area contributed by atoms with Crippen LogP contribution in [0.2, 0.25) is 0 Å². The maximum absolute atomic E-state index is 10.6. The first-order valence-corrected chi connectivity index (χ1v) is 7.60. The Balaban J connectivity index is 1.84. The van der Waals surface area contributed by atoms with E-state index >= 15 is 0 Å². The minimum absolute atomic E-state index is 0.251. The Labute approximate surface area is 107 Å². The van der Waals surface area contributed by atoms with Gasteiger partial charge < -0.3 is 5.11 Å². The van der Waals surface area contributed by atoms with E-state index in [0.717, 1.165) is 12.3 Å². The minimum atomic E-state index is -0.251. The number of hydrogen-bond donors (Lipinski definition) is 1. The summed E-state index contributed by atoms with van der Waals surface area (Å²) in [5.41, 5.74) is 0.207. The molecule has 1 N–H and O–H groups in total. The van der Waals surface area contributed by atoms with Crippen molar-refractivity contribution < 1.29 is 5.11 Å². The van der Waals surface area contributed by atoms with Crippen molar-refractivity contribution in [1.29, 1.82) is 0 Å². The van der Waals surface area contributed by atoms with E-state index in [0.29, 0.717) is 17.3 Å². The minimum Gasteiger partial charge on any atom is -0.389 e. The van der Waals surface area contributed by atoms with Gasteiger partial charge in [-0.25, -0.2) is 0 Å². The molecule has 1 nitrogen and oxygen atoms in total. The van der Waals surface area contributed by atoms with Crippen LogP contribution in [0.4, 0.5) is 0 Å². The van der Waals surface area contributed by atoms with Crippen LogP contribution in [-0.2, 0) is 0 Å². The molecule has 2 saturated carbocycles. The van der Waals surface area contributed by atoms with E-state index in [1.54, 1.807) is 0 Å². The fourth-order valence-electron chi connectivity index (χ4n) is 4.00. The predicted octanol–water partition coefficient (Wildman–Crippen LogP) is 4.39. The van der Waals surface area contributed by atoms with Crippen molar-refractivity contribution in [1.82, 2.24) is 0 Å². The monoisotopic (exact) mass is 238 g/mol. The molecule has 2 atom stereocenters. The van der Waals surface area contributed by atoms with Gasteiger partial charge in [-0.2, -0.15) is 0 Å². The van der Waals surface area contributed by atoms with Gasteiger partial charge in [-0.05, 0) is 61.7 Å². The molecule has 17 heavy (non-hydrogen) atoms. The standard InChI is InChI=1S/C16H30O/c1-5-6-14-11-16(14,17)13-9-7-12(8-10-13)15(2,3)4/h12-14,17H,5-11H2,1-4H3. The van der Waals surface area contributed by atoms with E-state index in [4.69, 9.17) is 0 Å². The maximum Gasteiger partial charge on any atom is 0.0708 e. The van der Waals surface area contributed by atoms with Gasteiger partial charge in [-0.1, -0.05) is 34.1 Å². The summed E-state index contributed by atoms with van der Waals surface area (Å²) in [6.07, 6.45) is 8.73. The predicted molar refractivity (Wildman–Crippen MR) is 72.9 cm³/mol. The summed E-state index contributed by atoms with van der Waals surface area (Å²) in [7, 11) is 0. The molecule has 2 aliphatic rings. The van der Waals surface area contributed by atoms with Crippen molar-refractivity contribution in [3.05, 3.63) is 0 Å². The molecule has 1 heteroatoms. The normalized spacial score (nSPS) is 42.5. The fraction of sp³-hybridized carbons (Fsp3) is 1.00. The highest BCUT2D eigenvalue weighted by Crippen LogP contribution is 2.56. The van der Waals surface area contributed by atoms with Gasteiger partial charge in [0.2, 0.25) is 0 Å². The Morgan fingerprint density at radius 2 is 1.71 bits per heavy atom. The summed E-state index contributed by atoms with van der Waals surface area (Å²) in [6.45, 7) is 9.33. The Bertz CT molecular complexity index is 257. The Hall–Kier alpha value is -0.0400. The topological polar surface area (TPSA) is 20.2 Å². The smallest absolute Gasteiger partial charge is 0.0708 e. The molecule has 0 radical (unpaired) electrons. The van der Waals surface area contributed by atoms with E-state index in [1.807, 2.05) is 0 Å². The third kappa shape index (κ3) is 2.70. The molecule has 0 aromatic heterocycles. The van der Waals surface area contributed by atoms with Gasteiger partial charge >= 0.3 is 0 Å². The first-order chi connectivity index (χ1) is 7.88. The lowest BCUT2D eigenvalue weighted by Gasteiger charge is -2.39. The van der Waals surface area contributed by atoms with Crippen molar-refractivity contribution >= 4 is 0 Å². The van der Waals surface area contributed by atoms with Crippen molar-refractivity contribution in [3.63, 3.8) is 0 Å². The van der Waals surface area contributed by atoms with Gasteiger partial charge in [0.25, 0.3) is 0 Å². The molecule has 2 aliphatic carbocycles. The Kier molecular flexibility index (Phi) is 3.60.